The predicted molar refractivity (Wildman–Crippen MR) is 133 cm³/mol. The molecule has 0 aromatic heterocycles. The maximum atomic E-state index is 14.3. The van der Waals surface area contributed by atoms with E-state index in [1.54, 1.807) is 18.2 Å². The van der Waals surface area contributed by atoms with Gasteiger partial charge < -0.3 is 15.0 Å². The average Bonchev–Trinajstić information content (AvgIpc) is 3.33. The molecule has 184 valence electrons. The van der Waals surface area contributed by atoms with Crippen molar-refractivity contribution in [1.82, 2.24) is 10.2 Å². The molecule has 0 aliphatic carbocycles. The molecule has 1 amide bonds. The molecular weight excluding hydrogens is 456 g/mol. The van der Waals surface area contributed by atoms with Crippen molar-refractivity contribution in [2.45, 2.75) is 44.2 Å². The summed E-state index contributed by atoms with van der Waals surface area (Å²) in [5.74, 6) is 5.02. The van der Waals surface area contributed by atoms with E-state index in [0.717, 1.165) is 31.2 Å². The fourth-order valence-corrected chi connectivity index (χ4v) is 4.42. The molecule has 1 unspecified atom stereocenters. The number of nitrogens with two attached hydrogens (primary N) is 1. The first-order valence-corrected chi connectivity index (χ1v) is 12.1. The second-order valence-electron chi connectivity index (χ2n) is 8.53. The molecule has 1 saturated heterocycles. The monoisotopic (exact) mass is 489 g/mol. The molecule has 1 aliphatic heterocycles. The summed E-state index contributed by atoms with van der Waals surface area (Å²) in [7, 11) is 3.98. The highest BCUT2D eigenvalue weighted by atomic mass is 31.0. The summed E-state index contributed by atoms with van der Waals surface area (Å²) >= 11 is 0. The van der Waals surface area contributed by atoms with E-state index in [4.69, 9.17) is 15.5 Å². The van der Waals surface area contributed by atoms with Gasteiger partial charge in [-0.05, 0) is 55.4 Å². The van der Waals surface area contributed by atoms with Crippen molar-refractivity contribution >= 4 is 26.2 Å². The molecule has 2 aromatic carbocycles. The van der Waals surface area contributed by atoms with Gasteiger partial charge >= 0.3 is 0 Å². The number of nitrogens with zero attached hydrogens (tertiary/aromatic N) is 1. The highest BCUT2D eigenvalue weighted by Gasteiger charge is 2.29. The van der Waals surface area contributed by atoms with Gasteiger partial charge in [0, 0.05) is 24.9 Å². The summed E-state index contributed by atoms with van der Waals surface area (Å²) in [6.45, 7) is 2.37. The second kappa shape index (κ2) is 12.9. The summed E-state index contributed by atoms with van der Waals surface area (Å²) < 4.78 is 19.3. The molecule has 3 rings (SSSR count). The van der Waals surface area contributed by atoms with Crippen LogP contribution in [0.15, 0.2) is 42.5 Å². The zero-order valence-electron chi connectivity index (χ0n) is 19.5. The zero-order valence-corrected chi connectivity index (χ0v) is 20.6. The number of nitrogens with one attached hydrogen (secondary N) is 1. The highest BCUT2D eigenvalue weighted by Crippen LogP contribution is 2.27. The molecule has 0 radical (unpaired) electrons. The Hall–Kier alpha value is -2.38. The second-order valence-corrected chi connectivity index (χ2v) is 9.20. The third kappa shape index (κ3) is 7.31. The van der Waals surface area contributed by atoms with Crippen LogP contribution in [0.2, 0.25) is 0 Å². The maximum absolute atomic E-state index is 14.3. The van der Waals surface area contributed by atoms with Crippen LogP contribution in [0, 0.1) is 5.82 Å². The fourth-order valence-electron chi connectivity index (χ4n) is 4.23. The van der Waals surface area contributed by atoms with Crippen molar-refractivity contribution in [3.05, 3.63) is 59.4 Å². The van der Waals surface area contributed by atoms with E-state index in [9.17, 15) is 14.0 Å². The zero-order chi connectivity index (χ0) is 24.5. The highest BCUT2D eigenvalue weighted by molar-refractivity contribution is 7.27. The smallest absolute Gasteiger partial charge is 0.220 e. The van der Waals surface area contributed by atoms with Gasteiger partial charge in [-0.25, -0.2) is 10.3 Å². The Labute approximate surface area is 202 Å². The van der Waals surface area contributed by atoms with Crippen LogP contribution >= 0.6 is 9.24 Å². The van der Waals surface area contributed by atoms with Crippen LogP contribution in [0.4, 0.5) is 4.39 Å². The SMILES string of the molecule is COc1ccc([C@@H](ON)[C@@H](CN2CCCC2)NC(=O)CCCC(=O)c2ccc(P)cc2)cc1F. The summed E-state index contributed by atoms with van der Waals surface area (Å²) in [5, 5.41) is 4.02. The summed E-state index contributed by atoms with van der Waals surface area (Å²) in [5.41, 5.74) is 1.15. The molecule has 2 aromatic rings. The Kier molecular flexibility index (Phi) is 9.96. The number of rotatable bonds is 12. The van der Waals surface area contributed by atoms with E-state index in [1.807, 2.05) is 12.1 Å². The number of likely N-dealkylation sites (tertiary alicyclic amines) is 1. The molecule has 3 atom stereocenters. The summed E-state index contributed by atoms with van der Waals surface area (Å²) in [6, 6.07) is 11.3. The van der Waals surface area contributed by atoms with Gasteiger partial charge in [-0.15, -0.1) is 9.24 Å². The Bertz CT molecular complexity index is 967. The van der Waals surface area contributed by atoms with E-state index in [-0.39, 0.29) is 30.3 Å². The van der Waals surface area contributed by atoms with Gasteiger partial charge in [0.05, 0.1) is 13.2 Å². The molecule has 1 heterocycles. The third-order valence-corrected chi connectivity index (χ3v) is 6.44. The maximum Gasteiger partial charge on any atom is 0.220 e. The topological polar surface area (TPSA) is 93.9 Å². The van der Waals surface area contributed by atoms with E-state index >= 15 is 0 Å². The molecule has 7 nitrogen and oxygen atoms in total. The first-order valence-electron chi connectivity index (χ1n) is 11.5. The van der Waals surface area contributed by atoms with Crippen LogP contribution in [0.5, 0.6) is 5.75 Å². The Morgan fingerprint density at radius 2 is 1.85 bits per heavy atom. The van der Waals surface area contributed by atoms with Crippen molar-refractivity contribution in [3.63, 3.8) is 0 Å². The van der Waals surface area contributed by atoms with E-state index in [2.05, 4.69) is 19.5 Å². The van der Waals surface area contributed by atoms with Crippen molar-refractivity contribution in [2.75, 3.05) is 26.7 Å². The number of ketones is 1. The number of halogens is 1. The number of carbonyl (C=O) groups is 2. The number of hydrogen-bond donors (Lipinski definition) is 2. The van der Waals surface area contributed by atoms with E-state index in [0.29, 0.717) is 24.1 Å². The van der Waals surface area contributed by atoms with Crippen LogP contribution in [0.25, 0.3) is 0 Å². The van der Waals surface area contributed by atoms with Crippen molar-refractivity contribution < 1.29 is 23.6 Å². The third-order valence-electron chi connectivity index (χ3n) is 6.06. The minimum absolute atomic E-state index is 0.00305. The molecule has 0 bridgehead atoms. The number of hydrogen-bond acceptors (Lipinski definition) is 6. The van der Waals surface area contributed by atoms with Gasteiger partial charge in [0.15, 0.2) is 17.3 Å². The Balaban J connectivity index is 1.63. The standard InChI is InChI=1S/C25H33FN3O4P/c1-32-23-12-9-18(15-20(23)26)25(33-27)21(16-29-13-2-3-14-29)28-24(31)6-4-5-22(30)17-7-10-19(34)11-8-17/h7-12,15,21,25H,2-6,13-14,16,27,34H2,1H3,(H,28,31)/t21-,25-/m1/s1. The van der Waals surface area contributed by atoms with Crippen molar-refractivity contribution in [2.24, 2.45) is 5.90 Å². The van der Waals surface area contributed by atoms with Crippen LogP contribution in [0.3, 0.4) is 0 Å². The summed E-state index contributed by atoms with van der Waals surface area (Å²) in [4.78, 5) is 32.6. The molecule has 0 spiro atoms. The van der Waals surface area contributed by atoms with Crippen LogP contribution in [0.1, 0.15) is 54.1 Å². The molecule has 9 heteroatoms. The lowest BCUT2D eigenvalue weighted by atomic mass is 10.0. The first kappa shape index (κ1) is 26.2. The van der Waals surface area contributed by atoms with Crippen molar-refractivity contribution in [1.29, 1.82) is 0 Å². The lowest BCUT2D eigenvalue weighted by molar-refractivity contribution is -0.123. The number of Topliss-reactive ketones (excluding diaryl/α,β-unsaturated/α-hetero) is 1. The number of ether oxygens (including phenoxy) is 1. The predicted octanol–water partition coefficient (Wildman–Crippen LogP) is 2.90. The largest absolute Gasteiger partial charge is 0.494 e. The molecule has 3 N–H and O–H groups in total. The molecule has 1 fully saturated rings. The molecule has 1 aliphatic rings. The van der Waals surface area contributed by atoms with Gasteiger partial charge in [-0.1, -0.05) is 30.3 Å². The van der Waals surface area contributed by atoms with E-state index < -0.39 is 18.0 Å². The number of carbonyl (C=O) groups excluding carboxylic acids is 2. The van der Waals surface area contributed by atoms with Gasteiger partial charge in [0.1, 0.15) is 6.10 Å². The number of benzene rings is 2. The van der Waals surface area contributed by atoms with Crippen LogP contribution in [-0.2, 0) is 9.63 Å². The minimum Gasteiger partial charge on any atom is -0.494 e. The molecule has 0 saturated carbocycles. The minimum atomic E-state index is -0.739. The first-order chi connectivity index (χ1) is 16.4. The summed E-state index contributed by atoms with van der Waals surface area (Å²) in [6.07, 6.45) is 2.34. The van der Waals surface area contributed by atoms with E-state index in [1.165, 1.54) is 19.2 Å². The lowest BCUT2D eigenvalue weighted by Crippen LogP contribution is -2.47. The molecule has 34 heavy (non-hydrogen) atoms. The van der Waals surface area contributed by atoms with Gasteiger partial charge in [0.2, 0.25) is 5.91 Å². The van der Waals surface area contributed by atoms with Crippen LogP contribution < -0.4 is 21.3 Å². The Morgan fingerprint density at radius 1 is 1.15 bits per heavy atom. The van der Waals surface area contributed by atoms with Crippen LogP contribution in [-0.4, -0.2) is 49.4 Å². The lowest BCUT2D eigenvalue weighted by Gasteiger charge is -2.30. The number of methoxy groups -OCH3 is 1. The average molecular weight is 490 g/mol. The van der Waals surface area contributed by atoms with Gasteiger partial charge in [-0.2, -0.15) is 0 Å². The Morgan fingerprint density at radius 3 is 2.47 bits per heavy atom. The molecular formula is C25H33FN3O4P. The van der Waals surface area contributed by atoms with Gasteiger partial charge in [0.25, 0.3) is 0 Å². The van der Waals surface area contributed by atoms with Crippen molar-refractivity contribution in [3.8, 4) is 5.75 Å². The van der Waals surface area contributed by atoms with Gasteiger partial charge in [-0.3, -0.25) is 14.4 Å². The quantitative estimate of drug-likeness (QED) is 0.271. The number of amides is 1. The fraction of sp³-hybridized carbons (Fsp3) is 0.440. The normalized spacial score (nSPS) is 15.6.